The van der Waals surface area contributed by atoms with E-state index in [4.69, 9.17) is 0 Å². The molecule has 1 N–H and O–H groups in total. The van der Waals surface area contributed by atoms with Crippen LogP contribution in [-0.4, -0.2) is 31.1 Å². The van der Waals surface area contributed by atoms with Crippen molar-refractivity contribution in [2.24, 2.45) is 5.92 Å². The topological polar surface area (TPSA) is 15.3 Å². The highest BCUT2D eigenvalue weighted by Crippen LogP contribution is 2.19. The standard InChI is InChI=1S/C14H23BrN2S/c1-12-3-7-17(8-4-12)6-2-5-16-10-14-9-13(15)11-18-14/h9,11-12,16H,2-8,10H2,1H3. The number of halogens is 1. The second kappa shape index (κ2) is 7.63. The maximum atomic E-state index is 3.53. The quantitative estimate of drug-likeness (QED) is 0.799. The zero-order valence-corrected chi connectivity index (χ0v) is 13.5. The summed E-state index contributed by atoms with van der Waals surface area (Å²) in [5, 5.41) is 5.67. The largest absolute Gasteiger partial charge is 0.312 e. The van der Waals surface area contributed by atoms with Crippen LogP contribution < -0.4 is 5.32 Å². The van der Waals surface area contributed by atoms with Crippen molar-refractivity contribution in [3.63, 3.8) is 0 Å². The first kappa shape index (κ1) is 14.5. The van der Waals surface area contributed by atoms with E-state index in [9.17, 15) is 0 Å². The van der Waals surface area contributed by atoms with E-state index in [1.165, 1.54) is 48.2 Å². The molecule has 0 aliphatic carbocycles. The van der Waals surface area contributed by atoms with Crippen molar-refractivity contribution in [2.75, 3.05) is 26.2 Å². The molecule has 0 amide bonds. The predicted molar refractivity (Wildman–Crippen MR) is 83.2 cm³/mol. The Balaban J connectivity index is 1.51. The molecule has 4 heteroatoms. The van der Waals surface area contributed by atoms with E-state index in [1.807, 2.05) is 11.3 Å². The monoisotopic (exact) mass is 330 g/mol. The Labute approximate surface area is 123 Å². The first-order valence-corrected chi connectivity index (χ1v) is 8.57. The lowest BCUT2D eigenvalue weighted by atomic mass is 9.99. The van der Waals surface area contributed by atoms with Crippen LogP contribution in [0.1, 0.15) is 31.1 Å². The second-order valence-electron chi connectivity index (χ2n) is 5.29. The molecule has 1 saturated heterocycles. The van der Waals surface area contributed by atoms with Gasteiger partial charge in [-0.1, -0.05) is 6.92 Å². The number of hydrogen-bond acceptors (Lipinski definition) is 3. The molecule has 18 heavy (non-hydrogen) atoms. The fourth-order valence-corrected chi connectivity index (χ4v) is 3.79. The average Bonchev–Trinajstić information content (AvgIpc) is 2.77. The van der Waals surface area contributed by atoms with Crippen molar-refractivity contribution in [3.05, 3.63) is 20.8 Å². The Morgan fingerprint density at radius 3 is 2.89 bits per heavy atom. The minimum atomic E-state index is 0.941. The van der Waals surface area contributed by atoms with Crippen molar-refractivity contribution >= 4 is 27.3 Å². The normalized spacial score (nSPS) is 18.3. The molecule has 2 nitrogen and oxygen atoms in total. The summed E-state index contributed by atoms with van der Waals surface area (Å²) in [6.45, 7) is 8.37. The number of nitrogens with zero attached hydrogens (tertiary/aromatic N) is 1. The van der Waals surface area contributed by atoms with Crippen LogP contribution >= 0.6 is 27.3 Å². The number of likely N-dealkylation sites (tertiary alicyclic amines) is 1. The van der Waals surface area contributed by atoms with E-state index in [0.717, 1.165) is 19.0 Å². The van der Waals surface area contributed by atoms with Gasteiger partial charge in [0.15, 0.2) is 0 Å². The first-order chi connectivity index (χ1) is 8.74. The predicted octanol–water partition coefficient (Wildman–Crippen LogP) is 3.72. The summed E-state index contributed by atoms with van der Waals surface area (Å²) < 4.78 is 1.20. The maximum absolute atomic E-state index is 3.53. The third-order valence-corrected chi connectivity index (χ3v) is 5.32. The van der Waals surface area contributed by atoms with Gasteiger partial charge < -0.3 is 10.2 Å². The lowest BCUT2D eigenvalue weighted by Crippen LogP contribution is -2.34. The molecule has 0 unspecified atom stereocenters. The van der Waals surface area contributed by atoms with Crippen molar-refractivity contribution in [3.8, 4) is 0 Å². The Morgan fingerprint density at radius 1 is 1.44 bits per heavy atom. The van der Waals surface area contributed by atoms with E-state index in [-0.39, 0.29) is 0 Å². The van der Waals surface area contributed by atoms with E-state index in [0.29, 0.717) is 0 Å². The number of piperidine rings is 1. The van der Waals surface area contributed by atoms with E-state index in [2.05, 4.69) is 44.5 Å². The lowest BCUT2D eigenvalue weighted by molar-refractivity contribution is 0.190. The second-order valence-corrected chi connectivity index (χ2v) is 7.20. The van der Waals surface area contributed by atoms with Crippen molar-refractivity contribution < 1.29 is 0 Å². The van der Waals surface area contributed by atoms with Crippen LogP contribution in [0.5, 0.6) is 0 Å². The molecule has 0 saturated carbocycles. The SMILES string of the molecule is CC1CCN(CCCNCc2cc(Br)cs2)CC1. The van der Waals surface area contributed by atoms with Crippen LogP contribution in [0.25, 0.3) is 0 Å². The van der Waals surface area contributed by atoms with Gasteiger partial charge in [0, 0.05) is 21.3 Å². The minimum absolute atomic E-state index is 0.941. The highest BCUT2D eigenvalue weighted by molar-refractivity contribution is 9.10. The molecule has 1 fully saturated rings. The molecule has 0 aromatic carbocycles. The molecule has 0 spiro atoms. The summed E-state index contributed by atoms with van der Waals surface area (Å²) in [7, 11) is 0. The summed E-state index contributed by atoms with van der Waals surface area (Å²) in [5.74, 6) is 0.941. The van der Waals surface area contributed by atoms with Gasteiger partial charge >= 0.3 is 0 Å². The smallest absolute Gasteiger partial charge is 0.0300 e. The molecule has 2 heterocycles. The lowest BCUT2D eigenvalue weighted by Gasteiger charge is -2.30. The molecule has 0 atom stereocenters. The van der Waals surface area contributed by atoms with Gasteiger partial charge in [-0.05, 0) is 73.4 Å². The maximum Gasteiger partial charge on any atom is 0.0300 e. The molecular formula is C14H23BrN2S. The molecular weight excluding hydrogens is 308 g/mol. The van der Waals surface area contributed by atoms with Crippen LogP contribution in [0.3, 0.4) is 0 Å². The van der Waals surface area contributed by atoms with Gasteiger partial charge in [-0.3, -0.25) is 0 Å². The molecule has 2 rings (SSSR count). The third kappa shape index (κ3) is 5.00. The molecule has 102 valence electrons. The van der Waals surface area contributed by atoms with Gasteiger partial charge in [0.25, 0.3) is 0 Å². The average molecular weight is 331 g/mol. The Kier molecular flexibility index (Phi) is 6.15. The van der Waals surface area contributed by atoms with Gasteiger partial charge in [-0.15, -0.1) is 11.3 Å². The van der Waals surface area contributed by atoms with E-state index < -0.39 is 0 Å². The van der Waals surface area contributed by atoms with E-state index in [1.54, 1.807) is 0 Å². The highest BCUT2D eigenvalue weighted by atomic mass is 79.9. The zero-order valence-electron chi connectivity index (χ0n) is 11.1. The summed E-state index contributed by atoms with van der Waals surface area (Å²) in [6, 6.07) is 2.20. The highest BCUT2D eigenvalue weighted by Gasteiger charge is 2.14. The molecule has 1 aliphatic rings. The fourth-order valence-electron chi connectivity index (χ4n) is 2.37. The summed E-state index contributed by atoms with van der Waals surface area (Å²) in [6.07, 6.45) is 4.04. The van der Waals surface area contributed by atoms with Gasteiger partial charge in [0.2, 0.25) is 0 Å². The summed E-state index contributed by atoms with van der Waals surface area (Å²) >= 11 is 5.30. The van der Waals surface area contributed by atoms with Crippen LogP contribution in [0.2, 0.25) is 0 Å². The number of thiophene rings is 1. The Hall–Kier alpha value is 0.1000. The van der Waals surface area contributed by atoms with Gasteiger partial charge in [0.05, 0.1) is 0 Å². The fraction of sp³-hybridized carbons (Fsp3) is 0.714. The van der Waals surface area contributed by atoms with E-state index >= 15 is 0 Å². The number of nitrogens with one attached hydrogen (secondary N) is 1. The molecule has 0 radical (unpaired) electrons. The summed E-state index contributed by atoms with van der Waals surface area (Å²) in [4.78, 5) is 4.03. The van der Waals surface area contributed by atoms with Crippen molar-refractivity contribution in [1.82, 2.24) is 10.2 Å². The van der Waals surface area contributed by atoms with Crippen LogP contribution in [0.4, 0.5) is 0 Å². The van der Waals surface area contributed by atoms with Gasteiger partial charge in [0.1, 0.15) is 0 Å². The number of rotatable bonds is 6. The molecule has 0 bridgehead atoms. The zero-order chi connectivity index (χ0) is 12.8. The molecule has 1 aromatic rings. The number of hydrogen-bond donors (Lipinski definition) is 1. The minimum Gasteiger partial charge on any atom is -0.312 e. The Morgan fingerprint density at radius 2 is 2.22 bits per heavy atom. The Bertz CT molecular complexity index is 345. The van der Waals surface area contributed by atoms with Crippen molar-refractivity contribution in [1.29, 1.82) is 0 Å². The van der Waals surface area contributed by atoms with Gasteiger partial charge in [-0.2, -0.15) is 0 Å². The third-order valence-electron chi connectivity index (χ3n) is 3.63. The van der Waals surface area contributed by atoms with Crippen molar-refractivity contribution in [2.45, 2.75) is 32.7 Å². The van der Waals surface area contributed by atoms with Crippen LogP contribution in [-0.2, 0) is 6.54 Å². The molecule has 1 aromatic heterocycles. The van der Waals surface area contributed by atoms with Crippen LogP contribution in [0, 0.1) is 5.92 Å². The van der Waals surface area contributed by atoms with Crippen LogP contribution in [0.15, 0.2) is 15.9 Å². The first-order valence-electron chi connectivity index (χ1n) is 6.90. The molecule has 1 aliphatic heterocycles. The van der Waals surface area contributed by atoms with Gasteiger partial charge in [-0.25, -0.2) is 0 Å². The summed E-state index contributed by atoms with van der Waals surface area (Å²) in [5.41, 5.74) is 0.